The van der Waals surface area contributed by atoms with Crippen LogP contribution in [0.2, 0.25) is 10.0 Å². The van der Waals surface area contributed by atoms with Crippen LogP contribution < -0.4 is 10.1 Å². The van der Waals surface area contributed by atoms with Crippen molar-refractivity contribution < 1.29 is 14.6 Å². The molecular formula is C15H21Cl2NO3. The van der Waals surface area contributed by atoms with Gasteiger partial charge < -0.3 is 15.2 Å². The van der Waals surface area contributed by atoms with Crippen LogP contribution in [0, 0.1) is 0 Å². The Bertz CT molecular complexity index is 441. The number of halogens is 2. The van der Waals surface area contributed by atoms with Crippen molar-refractivity contribution in [1.29, 1.82) is 0 Å². The summed E-state index contributed by atoms with van der Waals surface area (Å²) in [6.07, 6.45) is 4.06. The van der Waals surface area contributed by atoms with Crippen molar-refractivity contribution in [3.63, 3.8) is 0 Å². The van der Waals surface area contributed by atoms with E-state index in [-0.39, 0.29) is 12.5 Å². The number of unbranched alkanes of at least 4 members (excludes halogenated alkanes) is 3. The molecule has 1 aromatic carbocycles. The van der Waals surface area contributed by atoms with Crippen LogP contribution in [0.3, 0.4) is 0 Å². The molecule has 1 aromatic rings. The van der Waals surface area contributed by atoms with Crippen molar-refractivity contribution in [2.24, 2.45) is 0 Å². The number of carbonyl (C=O) groups is 1. The lowest BCUT2D eigenvalue weighted by Gasteiger charge is -2.08. The van der Waals surface area contributed by atoms with Gasteiger partial charge in [0.2, 0.25) is 5.91 Å². The second kappa shape index (κ2) is 10.7. The van der Waals surface area contributed by atoms with E-state index in [0.717, 1.165) is 25.7 Å². The summed E-state index contributed by atoms with van der Waals surface area (Å²) >= 11 is 11.7. The zero-order valence-electron chi connectivity index (χ0n) is 11.9. The summed E-state index contributed by atoms with van der Waals surface area (Å²) in [5.74, 6) is 0.568. The molecule has 0 aliphatic rings. The molecule has 21 heavy (non-hydrogen) atoms. The first-order valence-corrected chi connectivity index (χ1v) is 7.84. The molecule has 0 spiro atoms. The number of amides is 1. The predicted molar refractivity (Wildman–Crippen MR) is 85.1 cm³/mol. The Kier molecular flexibility index (Phi) is 9.22. The van der Waals surface area contributed by atoms with E-state index in [0.29, 0.717) is 35.4 Å². The first-order valence-electron chi connectivity index (χ1n) is 7.09. The lowest BCUT2D eigenvalue weighted by molar-refractivity contribution is -0.121. The molecule has 0 heterocycles. The molecule has 0 aliphatic carbocycles. The number of benzene rings is 1. The number of aliphatic hydroxyl groups is 1. The summed E-state index contributed by atoms with van der Waals surface area (Å²) in [6.45, 7) is 1.20. The number of nitrogens with one attached hydrogen (secondary N) is 1. The zero-order chi connectivity index (χ0) is 15.5. The highest BCUT2D eigenvalue weighted by Crippen LogP contribution is 2.26. The Morgan fingerprint density at radius 1 is 1.14 bits per heavy atom. The van der Waals surface area contributed by atoms with Crippen LogP contribution in [0.5, 0.6) is 5.75 Å². The summed E-state index contributed by atoms with van der Waals surface area (Å²) in [7, 11) is 0. The molecule has 4 nitrogen and oxygen atoms in total. The number of aliphatic hydroxyl groups excluding tert-OH is 1. The standard InChI is InChI=1S/C15H21Cl2NO3/c16-13-6-5-12(11-14(13)17)21-10-7-15(20)18-8-3-1-2-4-9-19/h5-6,11,19H,1-4,7-10H2,(H,18,20). The Morgan fingerprint density at radius 2 is 1.90 bits per heavy atom. The molecular weight excluding hydrogens is 313 g/mol. The van der Waals surface area contributed by atoms with Crippen molar-refractivity contribution in [3.05, 3.63) is 28.2 Å². The van der Waals surface area contributed by atoms with Gasteiger partial charge in [0.05, 0.1) is 23.1 Å². The summed E-state index contributed by atoms with van der Waals surface area (Å²) in [4.78, 5) is 11.6. The normalized spacial score (nSPS) is 10.4. The number of rotatable bonds is 10. The van der Waals surface area contributed by atoms with E-state index in [9.17, 15) is 4.79 Å². The first kappa shape index (κ1) is 18.1. The molecule has 0 bridgehead atoms. The molecule has 0 aliphatic heterocycles. The lowest BCUT2D eigenvalue weighted by Crippen LogP contribution is -2.25. The van der Waals surface area contributed by atoms with Crippen LogP contribution in [-0.4, -0.2) is 30.8 Å². The number of carbonyl (C=O) groups excluding carboxylic acids is 1. The van der Waals surface area contributed by atoms with E-state index in [4.69, 9.17) is 33.0 Å². The third kappa shape index (κ3) is 8.15. The molecule has 6 heteroatoms. The Labute approximate surface area is 135 Å². The maximum Gasteiger partial charge on any atom is 0.223 e. The topological polar surface area (TPSA) is 58.6 Å². The quantitative estimate of drug-likeness (QED) is 0.645. The minimum Gasteiger partial charge on any atom is -0.493 e. The highest BCUT2D eigenvalue weighted by atomic mass is 35.5. The van der Waals surface area contributed by atoms with Gasteiger partial charge in [-0.2, -0.15) is 0 Å². The van der Waals surface area contributed by atoms with Gasteiger partial charge in [-0.1, -0.05) is 36.0 Å². The van der Waals surface area contributed by atoms with Crippen molar-refractivity contribution in [2.75, 3.05) is 19.8 Å². The van der Waals surface area contributed by atoms with E-state index in [1.165, 1.54) is 0 Å². The summed E-state index contributed by atoms with van der Waals surface area (Å²) in [5.41, 5.74) is 0. The molecule has 0 aromatic heterocycles. The van der Waals surface area contributed by atoms with Gasteiger partial charge in [0, 0.05) is 19.2 Å². The fourth-order valence-corrected chi connectivity index (χ4v) is 2.02. The SMILES string of the molecule is O=C(CCOc1ccc(Cl)c(Cl)c1)NCCCCCCO. The summed E-state index contributed by atoms with van der Waals surface area (Å²) < 4.78 is 5.44. The maximum absolute atomic E-state index is 11.6. The van der Waals surface area contributed by atoms with Gasteiger partial charge in [0.1, 0.15) is 5.75 Å². The second-order valence-corrected chi connectivity index (χ2v) is 5.48. The number of ether oxygens (including phenoxy) is 1. The van der Waals surface area contributed by atoms with Crippen LogP contribution in [0.1, 0.15) is 32.1 Å². The Hall–Kier alpha value is -0.970. The van der Waals surface area contributed by atoms with Crippen molar-refractivity contribution >= 4 is 29.1 Å². The largest absolute Gasteiger partial charge is 0.493 e. The lowest BCUT2D eigenvalue weighted by atomic mass is 10.2. The third-order valence-corrected chi connectivity index (χ3v) is 3.64. The van der Waals surface area contributed by atoms with Gasteiger partial charge in [-0.05, 0) is 25.0 Å². The van der Waals surface area contributed by atoms with E-state index < -0.39 is 0 Å². The van der Waals surface area contributed by atoms with Gasteiger partial charge in [-0.15, -0.1) is 0 Å². The van der Waals surface area contributed by atoms with Crippen LogP contribution in [-0.2, 0) is 4.79 Å². The molecule has 0 atom stereocenters. The minimum absolute atomic E-state index is 0.0304. The van der Waals surface area contributed by atoms with Crippen LogP contribution >= 0.6 is 23.2 Å². The fourth-order valence-electron chi connectivity index (χ4n) is 1.73. The van der Waals surface area contributed by atoms with Crippen LogP contribution in [0.25, 0.3) is 0 Å². The average molecular weight is 334 g/mol. The first-order chi connectivity index (χ1) is 10.1. The Balaban J connectivity index is 2.09. The van der Waals surface area contributed by atoms with E-state index >= 15 is 0 Å². The van der Waals surface area contributed by atoms with Gasteiger partial charge in [-0.3, -0.25) is 4.79 Å². The maximum atomic E-state index is 11.6. The van der Waals surface area contributed by atoms with Crippen molar-refractivity contribution in [3.8, 4) is 5.75 Å². The van der Waals surface area contributed by atoms with Gasteiger partial charge in [-0.25, -0.2) is 0 Å². The second-order valence-electron chi connectivity index (χ2n) is 4.66. The number of hydrogen-bond acceptors (Lipinski definition) is 3. The average Bonchev–Trinajstić information content (AvgIpc) is 2.46. The highest BCUT2D eigenvalue weighted by Gasteiger charge is 2.03. The molecule has 0 saturated carbocycles. The van der Waals surface area contributed by atoms with E-state index in [1.807, 2.05) is 0 Å². The predicted octanol–water partition coefficient (Wildman–Crippen LogP) is 3.43. The molecule has 2 N–H and O–H groups in total. The number of hydrogen-bond donors (Lipinski definition) is 2. The van der Waals surface area contributed by atoms with E-state index in [2.05, 4.69) is 5.32 Å². The highest BCUT2D eigenvalue weighted by molar-refractivity contribution is 6.42. The van der Waals surface area contributed by atoms with Gasteiger partial charge in [0.25, 0.3) is 0 Å². The molecule has 0 saturated heterocycles. The van der Waals surface area contributed by atoms with Crippen molar-refractivity contribution in [1.82, 2.24) is 5.32 Å². The molecule has 118 valence electrons. The van der Waals surface area contributed by atoms with E-state index in [1.54, 1.807) is 18.2 Å². The monoisotopic (exact) mass is 333 g/mol. The molecule has 0 unspecified atom stereocenters. The third-order valence-electron chi connectivity index (χ3n) is 2.90. The van der Waals surface area contributed by atoms with Crippen LogP contribution in [0.4, 0.5) is 0 Å². The van der Waals surface area contributed by atoms with Gasteiger partial charge >= 0.3 is 0 Å². The smallest absolute Gasteiger partial charge is 0.223 e. The molecule has 1 amide bonds. The fraction of sp³-hybridized carbons (Fsp3) is 0.533. The summed E-state index contributed by atoms with van der Waals surface area (Å²) in [5, 5.41) is 12.4. The zero-order valence-corrected chi connectivity index (χ0v) is 13.4. The molecule has 0 radical (unpaired) electrons. The summed E-state index contributed by atoms with van der Waals surface area (Å²) in [6, 6.07) is 5.00. The molecule has 1 rings (SSSR count). The minimum atomic E-state index is -0.0304. The van der Waals surface area contributed by atoms with Crippen molar-refractivity contribution in [2.45, 2.75) is 32.1 Å². The Morgan fingerprint density at radius 3 is 2.62 bits per heavy atom. The van der Waals surface area contributed by atoms with Gasteiger partial charge in [0.15, 0.2) is 0 Å². The van der Waals surface area contributed by atoms with Crippen LogP contribution in [0.15, 0.2) is 18.2 Å². The molecule has 0 fully saturated rings.